The van der Waals surface area contributed by atoms with Crippen LogP contribution < -0.4 is 5.32 Å². The largest absolute Gasteiger partial charge is 0.468 e. The number of likely N-dealkylation sites (tertiary alicyclic amines) is 1. The lowest BCUT2D eigenvalue weighted by Crippen LogP contribution is -2.39. The number of hydrogen-bond donors (Lipinski definition) is 1. The molecule has 1 aromatic rings. The third-order valence-electron chi connectivity index (χ3n) is 3.65. The van der Waals surface area contributed by atoms with E-state index in [2.05, 4.69) is 37.1 Å². The average molecular weight is 250 g/mol. The molecule has 2 heterocycles. The summed E-state index contributed by atoms with van der Waals surface area (Å²) in [6, 6.07) is 2.18. The van der Waals surface area contributed by atoms with Crippen LogP contribution in [-0.2, 0) is 13.1 Å². The normalized spacial score (nSPS) is 20.2. The minimum atomic E-state index is 0.456. The second kappa shape index (κ2) is 5.89. The fraction of sp³-hybridized carbons (Fsp3) is 0.733. The highest BCUT2D eigenvalue weighted by atomic mass is 16.3. The minimum absolute atomic E-state index is 0.456. The van der Waals surface area contributed by atoms with Gasteiger partial charge in [0, 0.05) is 18.7 Å². The number of piperidine rings is 1. The molecule has 3 nitrogen and oxygen atoms in total. The molecule has 0 saturated carbocycles. The topological polar surface area (TPSA) is 28.4 Å². The molecular formula is C15H26N2O. The summed E-state index contributed by atoms with van der Waals surface area (Å²) in [5.74, 6) is 1.10. The molecule has 18 heavy (non-hydrogen) atoms. The summed E-state index contributed by atoms with van der Waals surface area (Å²) < 4.78 is 5.65. The maximum atomic E-state index is 5.65. The molecule has 1 aliphatic heterocycles. The molecular weight excluding hydrogens is 224 g/mol. The molecule has 1 N–H and O–H groups in total. The Morgan fingerprint density at radius 2 is 2.28 bits per heavy atom. The monoisotopic (exact) mass is 250 g/mol. The van der Waals surface area contributed by atoms with Gasteiger partial charge in [-0.1, -0.05) is 20.8 Å². The standard InChI is InChI=1S/C15H26N2O/c1-4-16-9-13-8-14(18-11-13)10-17-7-5-6-15(2,3)12-17/h8,11,16H,4-7,9-10,12H2,1-3H3. The van der Waals surface area contributed by atoms with Crippen LogP contribution in [0.5, 0.6) is 0 Å². The van der Waals surface area contributed by atoms with Crippen molar-refractivity contribution >= 4 is 0 Å². The van der Waals surface area contributed by atoms with Crippen LogP contribution in [0.2, 0.25) is 0 Å². The number of hydrogen-bond acceptors (Lipinski definition) is 3. The lowest BCUT2D eigenvalue weighted by atomic mass is 9.84. The molecule has 0 radical (unpaired) electrons. The van der Waals surface area contributed by atoms with Gasteiger partial charge in [0.2, 0.25) is 0 Å². The summed E-state index contributed by atoms with van der Waals surface area (Å²) in [7, 11) is 0. The van der Waals surface area contributed by atoms with E-state index in [1.807, 2.05) is 6.26 Å². The molecule has 2 rings (SSSR count). The number of rotatable bonds is 5. The number of furan rings is 1. The number of nitrogens with one attached hydrogen (secondary N) is 1. The van der Waals surface area contributed by atoms with Crippen molar-refractivity contribution in [2.45, 2.75) is 46.7 Å². The van der Waals surface area contributed by atoms with Crippen molar-refractivity contribution in [2.24, 2.45) is 5.41 Å². The fourth-order valence-corrected chi connectivity index (χ4v) is 2.77. The summed E-state index contributed by atoms with van der Waals surface area (Å²) in [5, 5.41) is 3.32. The second-order valence-corrected chi connectivity index (χ2v) is 6.18. The quantitative estimate of drug-likeness (QED) is 0.871. The zero-order valence-electron chi connectivity index (χ0n) is 12.0. The van der Waals surface area contributed by atoms with Crippen LogP contribution in [0.15, 0.2) is 16.7 Å². The molecule has 3 heteroatoms. The molecule has 0 atom stereocenters. The first-order chi connectivity index (χ1) is 8.59. The third-order valence-corrected chi connectivity index (χ3v) is 3.65. The Bertz CT molecular complexity index is 370. The van der Waals surface area contributed by atoms with Gasteiger partial charge in [0.1, 0.15) is 5.76 Å². The summed E-state index contributed by atoms with van der Waals surface area (Å²) in [6.45, 7) is 12.1. The fourth-order valence-electron chi connectivity index (χ4n) is 2.77. The molecule has 0 aromatic carbocycles. The molecule has 0 amide bonds. The van der Waals surface area contributed by atoms with Gasteiger partial charge in [-0.25, -0.2) is 0 Å². The van der Waals surface area contributed by atoms with E-state index in [1.54, 1.807) is 0 Å². The van der Waals surface area contributed by atoms with Crippen molar-refractivity contribution in [3.63, 3.8) is 0 Å². The van der Waals surface area contributed by atoms with Crippen molar-refractivity contribution in [3.05, 3.63) is 23.7 Å². The third kappa shape index (κ3) is 3.85. The van der Waals surface area contributed by atoms with E-state index < -0.39 is 0 Å². The van der Waals surface area contributed by atoms with Gasteiger partial charge in [-0.2, -0.15) is 0 Å². The summed E-state index contributed by atoms with van der Waals surface area (Å²) in [6.07, 6.45) is 4.53. The van der Waals surface area contributed by atoms with E-state index >= 15 is 0 Å². The number of nitrogens with zero attached hydrogens (tertiary/aromatic N) is 1. The lowest BCUT2D eigenvalue weighted by molar-refractivity contribution is 0.105. The summed E-state index contributed by atoms with van der Waals surface area (Å²) >= 11 is 0. The van der Waals surface area contributed by atoms with Crippen molar-refractivity contribution < 1.29 is 4.42 Å². The summed E-state index contributed by atoms with van der Waals surface area (Å²) in [4.78, 5) is 2.51. The van der Waals surface area contributed by atoms with Crippen molar-refractivity contribution in [3.8, 4) is 0 Å². The van der Waals surface area contributed by atoms with Crippen LogP contribution in [0, 0.1) is 5.41 Å². The van der Waals surface area contributed by atoms with Crippen molar-refractivity contribution in [1.82, 2.24) is 10.2 Å². The van der Waals surface area contributed by atoms with E-state index in [1.165, 1.54) is 31.5 Å². The van der Waals surface area contributed by atoms with Crippen LogP contribution in [0.25, 0.3) is 0 Å². The predicted octanol–water partition coefficient (Wildman–Crippen LogP) is 3.01. The highest BCUT2D eigenvalue weighted by Crippen LogP contribution is 2.29. The Hall–Kier alpha value is -0.800. The van der Waals surface area contributed by atoms with Crippen LogP contribution in [0.3, 0.4) is 0 Å². The Balaban J connectivity index is 1.87. The molecule has 1 saturated heterocycles. The van der Waals surface area contributed by atoms with Gasteiger partial charge in [-0.15, -0.1) is 0 Å². The van der Waals surface area contributed by atoms with Crippen LogP contribution in [0.4, 0.5) is 0 Å². The Labute approximate surface area is 111 Å². The Morgan fingerprint density at radius 3 is 3.00 bits per heavy atom. The molecule has 1 aliphatic rings. The van der Waals surface area contributed by atoms with E-state index in [-0.39, 0.29) is 0 Å². The van der Waals surface area contributed by atoms with Gasteiger partial charge in [-0.05, 0) is 37.4 Å². The molecule has 0 bridgehead atoms. The zero-order valence-corrected chi connectivity index (χ0v) is 12.0. The van der Waals surface area contributed by atoms with Gasteiger partial charge in [0.25, 0.3) is 0 Å². The average Bonchev–Trinajstić information content (AvgIpc) is 2.73. The van der Waals surface area contributed by atoms with E-state index in [4.69, 9.17) is 4.42 Å². The minimum Gasteiger partial charge on any atom is -0.468 e. The predicted molar refractivity (Wildman–Crippen MR) is 74.4 cm³/mol. The molecule has 1 aromatic heterocycles. The Kier molecular flexibility index (Phi) is 4.46. The molecule has 0 spiro atoms. The van der Waals surface area contributed by atoms with E-state index in [0.29, 0.717) is 5.41 Å². The lowest BCUT2D eigenvalue weighted by Gasteiger charge is -2.37. The second-order valence-electron chi connectivity index (χ2n) is 6.18. The first-order valence-corrected chi connectivity index (χ1v) is 7.08. The van der Waals surface area contributed by atoms with Crippen LogP contribution >= 0.6 is 0 Å². The van der Waals surface area contributed by atoms with Crippen LogP contribution in [0.1, 0.15) is 44.9 Å². The molecule has 0 aliphatic carbocycles. The van der Waals surface area contributed by atoms with Gasteiger partial charge in [0.15, 0.2) is 0 Å². The van der Waals surface area contributed by atoms with Gasteiger partial charge < -0.3 is 9.73 Å². The smallest absolute Gasteiger partial charge is 0.118 e. The van der Waals surface area contributed by atoms with Gasteiger partial charge in [0.05, 0.1) is 12.8 Å². The van der Waals surface area contributed by atoms with Crippen molar-refractivity contribution in [2.75, 3.05) is 19.6 Å². The van der Waals surface area contributed by atoms with E-state index in [0.717, 1.165) is 25.4 Å². The van der Waals surface area contributed by atoms with Gasteiger partial charge in [-0.3, -0.25) is 4.90 Å². The van der Waals surface area contributed by atoms with Crippen molar-refractivity contribution in [1.29, 1.82) is 0 Å². The zero-order chi connectivity index (χ0) is 13.0. The molecule has 1 fully saturated rings. The first kappa shape index (κ1) is 13.6. The molecule has 0 unspecified atom stereocenters. The Morgan fingerprint density at radius 1 is 1.44 bits per heavy atom. The SMILES string of the molecule is CCNCc1coc(CN2CCCC(C)(C)C2)c1. The van der Waals surface area contributed by atoms with Gasteiger partial charge >= 0.3 is 0 Å². The van der Waals surface area contributed by atoms with Crippen LogP contribution in [-0.4, -0.2) is 24.5 Å². The molecule has 102 valence electrons. The summed E-state index contributed by atoms with van der Waals surface area (Å²) in [5.41, 5.74) is 1.71. The van der Waals surface area contributed by atoms with E-state index in [9.17, 15) is 0 Å². The first-order valence-electron chi connectivity index (χ1n) is 7.08. The highest BCUT2D eigenvalue weighted by Gasteiger charge is 2.26. The highest BCUT2D eigenvalue weighted by molar-refractivity contribution is 5.12. The maximum absolute atomic E-state index is 5.65. The maximum Gasteiger partial charge on any atom is 0.118 e.